The molecule has 0 bridgehead atoms. The lowest BCUT2D eigenvalue weighted by atomic mass is 10.0. The Hall–Kier alpha value is -4.68. The fourth-order valence-corrected chi connectivity index (χ4v) is 4.28. The van der Waals surface area contributed by atoms with E-state index in [2.05, 4.69) is 25.1 Å². The Morgan fingerprint density at radius 3 is 2.71 bits per heavy atom. The van der Waals surface area contributed by atoms with Gasteiger partial charge in [-0.3, -0.25) is 9.78 Å². The van der Waals surface area contributed by atoms with E-state index in [1.807, 2.05) is 24.3 Å². The number of fused-ring (bicyclic) bond motifs is 1. The first kappa shape index (κ1) is 22.5. The topological polar surface area (TPSA) is 181 Å². The third-order valence-corrected chi connectivity index (χ3v) is 6.06. The molecule has 34 heavy (non-hydrogen) atoms. The lowest BCUT2D eigenvalue weighted by molar-refractivity contribution is -0.730. The molecule has 1 amide bonds. The number of benzene rings is 1. The first-order valence-electron chi connectivity index (χ1n) is 9.84. The molecule has 0 aliphatic rings. The summed E-state index contributed by atoms with van der Waals surface area (Å²) in [4.78, 5) is 21.4. The molecule has 0 saturated heterocycles. The standard InChI is InChI=1S/C22H16N8O3S/c1-11(20(31)27-16-7-3-6-15-12(16)5-4-8-26-15)34-21-14(10-24)17(13(9-23)19(25)28-21)18-22(32)33-29-30(18)2/h3-8,11H,1-2H3,(H3-,25,26,27,28,29,31,32). The Bertz CT molecular complexity index is 1490. The highest BCUT2D eigenvalue weighted by Crippen LogP contribution is 2.38. The third kappa shape index (κ3) is 3.94. The molecule has 0 aliphatic heterocycles. The SMILES string of the molecule is CC(Sc1nc(N)c(C#N)c(-c2c([O-])on[n+]2C)c1C#N)C(=O)Nc1cccc2ncccc12. The van der Waals surface area contributed by atoms with Gasteiger partial charge in [0.15, 0.2) is 13.0 Å². The van der Waals surface area contributed by atoms with Crippen LogP contribution in [0.5, 0.6) is 5.95 Å². The van der Waals surface area contributed by atoms with E-state index in [0.29, 0.717) is 5.69 Å². The summed E-state index contributed by atoms with van der Waals surface area (Å²) in [6.45, 7) is 1.64. The van der Waals surface area contributed by atoms with Crippen LogP contribution in [-0.2, 0) is 11.8 Å². The van der Waals surface area contributed by atoms with Gasteiger partial charge in [-0.15, -0.1) is 0 Å². The highest BCUT2D eigenvalue weighted by molar-refractivity contribution is 8.00. The predicted octanol–water partition coefficient (Wildman–Crippen LogP) is 1.63. The minimum atomic E-state index is -0.840. The molecule has 4 aromatic rings. The largest absolute Gasteiger partial charge is 0.539 e. The van der Waals surface area contributed by atoms with Gasteiger partial charge >= 0.3 is 0 Å². The molecule has 11 nitrogen and oxygen atoms in total. The monoisotopic (exact) mass is 472 g/mol. The number of nitrogen functional groups attached to an aromatic ring is 1. The molecule has 1 atom stereocenters. The van der Waals surface area contributed by atoms with Crippen LogP contribution in [0.4, 0.5) is 11.5 Å². The van der Waals surface area contributed by atoms with Gasteiger partial charge in [-0.25, -0.2) is 4.98 Å². The first-order chi connectivity index (χ1) is 16.3. The number of carbonyl (C=O) groups excluding carboxylic acids is 1. The molecule has 1 aromatic carbocycles. The number of rotatable bonds is 5. The number of hydrogen-bond donors (Lipinski definition) is 2. The van der Waals surface area contributed by atoms with Crippen LogP contribution in [0.3, 0.4) is 0 Å². The van der Waals surface area contributed by atoms with Crippen molar-refractivity contribution in [1.29, 1.82) is 10.5 Å². The predicted molar refractivity (Wildman–Crippen MR) is 120 cm³/mol. The summed E-state index contributed by atoms with van der Waals surface area (Å²) < 4.78 is 5.76. The number of hydrogen-bond acceptors (Lipinski definition) is 10. The Morgan fingerprint density at radius 2 is 2.03 bits per heavy atom. The van der Waals surface area contributed by atoms with Crippen molar-refractivity contribution in [2.45, 2.75) is 17.2 Å². The van der Waals surface area contributed by atoms with E-state index in [9.17, 15) is 20.4 Å². The fraction of sp³-hybridized carbons (Fsp3) is 0.136. The molecule has 0 radical (unpaired) electrons. The smallest absolute Gasteiger partial charge is 0.266 e. The summed E-state index contributed by atoms with van der Waals surface area (Å²) in [7, 11) is 1.43. The number of aryl methyl sites for hydroxylation is 1. The molecule has 4 rings (SSSR count). The second-order valence-corrected chi connectivity index (χ2v) is 8.44. The van der Waals surface area contributed by atoms with Crippen molar-refractivity contribution in [2.75, 3.05) is 11.1 Å². The zero-order valence-corrected chi connectivity index (χ0v) is 18.8. The summed E-state index contributed by atoms with van der Waals surface area (Å²) in [5, 5.41) is 38.3. The van der Waals surface area contributed by atoms with Crippen molar-refractivity contribution < 1.29 is 19.1 Å². The minimum absolute atomic E-state index is 0.0403. The van der Waals surface area contributed by atoms with Gasteiger partial charge in [-0.2, -0.15) is 10.5 Å². The van der Waals surface area contributed by atoms with Crippen LogP contribution in [0.25, 0.3) is 22.2 Å². The number of nitrogens with zero attached hydrogens (tertiary/aromatic N) is 6. The van der Waals surface area contributed by atoms with E-state index in [1.54, 1.807) is 31.3 Å². The number of pyridine rings is 2. The highest BCUT2D eigenvalue weighted by Gasteiger charge is 2.30. The average Bonchev–Trinajstić information content (AvgIpc) is 3.16. The summed E-state index contributed by atoms with van der Waals surface area (Å²) in [5.41, 5.74) is 6.89. The van der Waals surface area contributed by atoms with Crippen LogP contribution >= 0.6 is 11.8 Å². The van der Waals surface area contributed by atoms with Crippen LogP contribution in [0.1, 0.15) is 18.1 Å². The van der Waals surface area contributed by atoms with Gasteiger partial charge < -0.3 is 20.7 Å². The van der Waals surface area contributed by atoms with Gasteiger partial charge in [-0.1, -0.05) is 22.5 Å². The molecule has 12 heteroatoms. The van der Waals surface area contributed by atoms with Crippen molar-refractivity contribution in [3.05, 3.63) is 47.7 Å². The number of anilines is 2. The van der Waals surface area contributed by atoms with Crippen LogP contribution < -0.4 is 20.8 Å². The quantitative estimate of drug-likeness (QED) is 0.320. The number of nitriles is 2. The van der Waals surface area contributed by atoms with Gasteiger partial charge in [0.05, 0.1) is 32.9 Å². The van der Waals surface area contributed by atoms with Crippen molar-refractivity contribution in [3.8, 4) is 29.3 Å². The van der Waals surface area contributed by atoms with Crippen molar-refractivity contribution in [2.24, 2.45) is 7.05 Å². The fourth-order valence-electron chi connectivity index (χ4n) is 3.37. The number of nitrogens with two attached hydrogens (primary N) is 1. The average molecular weight is 472 g/mol. The van der Waals surface area contributed by atoms with Crippen molar-refractivity contribution in [1.82, 2.24) is 15.2 Å². The molecule has 3 N–H and O–H groups in total. The molecule has 0 spiro atoms. The molecule has 3 heterocycles. The van der Waals surface area contributed by atoms with Gasteiger partial charge in [0.2, 0.25) is 5.91 Å². The molecular weight excluding hydrogens is 456 g/mol. The second kappa shape index (κ2) is 9.05. The summed E-state index contributed by atoms with van der Waals surface area (Å²) in [6, 6.07) is 12.9. The maximum Gasteiger partial charge on any atom is 0.266 e. The molecule has 0 aliphatic carbocycles. The molecule has 3 aromatic heterocycles. The van der Waals surface area contributed by atoms with Gasteiger partial charge in [0.1, 0.15) is 28.5 Å². The van der Waals surface area contributed by atoms with E-state index in [0.717, 1.165) is 27.3 Å². The van der Waals surface area contributed by atoms with Crippen LogP contribution in [0.2, 0.25) is 0 Å². The number of carbonyl (C=O) groups is 1. The van der Waals surface area contributed by atoms with E-state index in [-0.39, 0.29) is 39.1 Å². The van der Waals surface area contributed by atoms with Crippen molar-refractivity contribution in [3.63, 3.8) is 0 Å². The van der Waals surface area contributed by atoms with Crippen LogP contribution in [0.15, 0.2) is 46.1 Å². The summed E-state index contributed by atoms with van der Waals surface area (Å²) in [6.07, 6.45) is 1.66. The number of thioether (sulfide) groups is 1. The normalized spacial score (nSPS) is 11.5. The van der Waals surface area contributed by atoms with E-state index < -0.39 is 11.2 Å². The van der Waals surface area contributed by atoms with Gasteiger partial charge in [0.25, 0.3) is 5.69 Å². The zero-order valence-electron chi connectivity index (χ0n) is 17.9. The number of aromatic nitrogens is 4. The highest BCUT2D eigenvalue weighted by atomic mass is 32.2. The minimum Gasteiger partial charge on any atom is -0.539 e. The van der Waals surface area contributed by atoms with Crippen LogP contribution in [0, 0.1) is 22.7 Å². The van der Waals surface area contributed by atoms with Gasteiger partial charge in [0, 0.05) is 11.6 Å². The number of amides is 1. The maximum absolute atomic E-state index is 13.0. The summed E-state index contributed by atoms with van der Waals surface area (Å²) in [5.74, 6) is -1.38. The second-order valence-electron chi connectivity index (χ2n) is 7.11. The van der Waals surface area contributed by atoms with Crippen LogP contribution in [-0.4, -0.2) is 26.4 Å². The molecule has 0 fully saturated rings. The van der Waals surface area contributed by atoms with E-state index >= 15 is 0 Å². The Balaban J connectivity index is 1.71. The Labute approximate surface area is 197 Å². The Kier molecular flexibility index (Phi) is 5.99. The van der Waals surface area contributed by atoms with E-state index in [4.69, 9.17) is 5.73 Å². The van der Waals surface area contributed by atoms with E-state index in [1.165, 1.54) is 7.05 Å². The maximum atomic E-state index is 13.0. The number of nitrogens with one attached hydrogen (secondary N) is 1. The lowest BCUT2D eigenvalue weighted by Crippen LogP contribution is -2.32. The zero-order chi connectivity index (χ0) is 24.4. The summed E-state index contributed by atoms with van der Waals surface area (Å²) >= 11 is 0.971. The molecular formula is C22H16N8O3S. The first-order valence-corrected chi connectivity index (χ1v) is 10.7. The molecule has 0 saturated carbocycles. The lowest BCUT2D eigenvalue weighted by Gasteiger charge is -2.15. The third-order valence-electron chi connectivity index (χ3n) is 4.98. The van der Waals surface area contributed by atoms with Gasteiger partial charge in [-0.05, 0) is 31.2 Å². The molecule has 1 unspecified atom stereocenters. The Morgan fingerprint density at radius 1 is 1.26 bits per heavy atom. The molecule has 168 valence electrons. The van der Waals surface area contributed by atoms with Crippen molar-refractivity contribution >= 4 is 40.1 Å².